The van der Waals surface area contributed by atoms with E-state index >= 15 is 0 Å². The van der Waals surface area contributed by atoms with E-state index in [9.17, 15) is 4.79 Å². The number of carbonyl (C=O) groups is 1. The van der Waals surface area contributed by atoms with Crippen molar-refractivity contribution < 1.29 is 9.53 Å². The molecule has 6 nitrogen and oxygen atoms in total. The molecule has 1 aromatic heterocycles. The highest BCUT2D eigenvalue weighted by molar-refractivity contribution is 6.04. The Hall–Kier alpha value is -2.44. The number of pyridine rings is 1. The van der Waals surface area contributed by atoms with Crippen molar-refractivity contribution >= 4 is 17.4 Å². The molecule has 1 aliphatic carbocycles. The van der Waals surface area contributed by atoms with E-state index in [1.165, 1.54) is 30.4 Å². The van der Waals surface area contributed by atoms with Gasteiger partial charge in [0.1, 0.15) is 5.82 Å². The third-order valence-corrected chi connectivity index (χ3v) is 6.74. The van der Waals surface area contributed by atoms with Crippen molar-refractivity contribution in [2.75, 3.05) is 49.6 Å². The highest BCUT2D eigenvalue weighted by atomic mass is 16.5. The van der Waals surface area contributed by atoms with Gasteiger partial charge in [-0.05, 0) is 61.1 Å². The molecule has 3 aliphatic rings. The molecule has 6 heteroatoms. The maximum Gasteiger partial charge on any atom is 0.257 e. The number of fused-ring (bicyclic) bond motifs is 1. The number of nitrogens with zero attached hydrogens (tertiary/aromatic N) is 3. The lowest BCUT2D eigenvalue weighted by Crippen LogP contribution is -2.41. The summed E-state index contributed by atoms with van der Waals surface area (Å²) in [5, 5.41) is 3.06. The Labute approximate surface area is 178 Å². The molecule has 5 rings (SSSR count). The van der Waals surface area contributed by atoms with Crippen LogP contribution in [0.3, 0.4) is 0 Å². The quantitative estimate of drug-likeness (QED) is 0.846. The zero-order valence-corrected chi connectivity index (χ0v) is 17.5. The number of benzene rings is 1. The lowest BCUT2D eigenvalue weighted by molar-refractivity contribution is 0.102. The molecule has 0 radical (unpaired) electrons. The number of amides is 1. The van der Waals surface area contributed by atoms with Crippen molar-refractivity contribution in [3.8, 4) is 0 Å². The van der Waals surface area contributed by atoms with E-state index in [1.807, 2.05) is 18.2 Å². The molecule has 0 atom stereocenters. The minimum Gasteiger partial charge on any atom is -0.378 e. The fourth-order valence-electron chi connectivity index (χ4n) is 4.64. The second-order valence-electron chi connectivity index (χ2n) is 8.56. The summed E-state index contributed by atoms with van der Waals surface area (Å²) in [6, 6.07) is 11.0. The van der Waals surface area contributed by atoms with Crippen molar-refractivity contribution in [3.05, 3.63) is 53.2 Å². The first-order chi connectivity index (χ1) is 14.8. The van der Waals surface area contributed by atoms with Crippen molar-refractivity contribution in [3.63, 3.8) is 0 Å². The Bertz CT molecular complexity index is 889. The largest absolute Gasteiger partial charge is 0.378 e. The molecule has 1 aromatic carbocycles. The monoisotopic (exact) mass is 406 g/mol. The van der Waals surface area contributed by atoms with Crippen molar-refractivity contribution in [1.82, 2.24) is 9.88 Å². The lowest BCUT2D eigenvalue weighted by Gasteiger charge is -2.36. The molecule has 1 amide bonds. The van der Waals surface area contributed by atoms with Crippen LogP contribution in [-0.4, -0.2) is 61.2 Å². The second kappa shape index (κ2) is 8.74. The van der Waals surface area contributed by atoms with Gasteiger partial charge in [0, 0.05) is 44.1 Å². The highest BCUT2D eigenvalue weighted by Crippen LogP contribution is 2.28. The van der Waals surface area contributed by atoms with Crippen LogP contribution < -0.4 is 10.2 Å². The van der Waals surface area contributed by atoms with Gasteiger partial charge < -0.3 is 15.0 Å². The summed E-state index contributed by atoms with van der Waals surface area (Å²) in [6.45, 7) is 5.41. The molecule has 1 saturated heterocycles. The van der Waals surface area contributed by atoms with Crippen molar-refractivity contribution in [1.29, 1.82) is 0 Å². The van der Waals surface area contributed by atoms with Crippen LogP contribution in [0.5, 0.6) is 0 Å². The first-order valence-corrected chi connectivity index (χ1v) is 11.2. The van der Waals surface area contributed by atoms with E-state index in [0.717, 1.165) is 69.8 Å². The topological polar surface area (TPSA) is 57.7 Å². The van der Waals surface area contributed by atoms with Crippen LogP contribution in [0, 0.1) is 0 Å². The molecule has 158 valence electrons. The number of carbonyl (C=O) groups excluding carboxylic acids is 1. The van der Waals surface area contributed by atoms with Gasteiger partial charge >= 0.3 is 0 Å². The number of aromatic nitrogens is 1. The normalized spacial score (nSPS) is 20.2. The van der Waals surface area contributed by atoms with E-state index < -0.39 is 0 Å². The molecule has 2 aliphatic heterocycles. The van der Waals surface area contributed by atoms with Gasteiger partial charge in [0.25, 0.3) is 5.91 Å². The molecule has 1 saturated carbocycles. The average molecular weight is 407 g/mol. The molecule has 3 heterocycles. The number of anilines is 2. The van der Waals surface area contributed by atoms with Gasteiger partial charge in [-0.2, -0.15) is 0 Å². The van der Waals surface area contributed by atoms with E-state index in [0.29, 0.717) is 5.56 Å². The minimum absolute atomic E-state index is 0.110. The number of hydrogen-bond donors (Lipinski definition) is 1. The van der Waals surface area contributed by atoms with Crippen LogP contribution in [0.15, 0.2) is 36.5 Å². The van der Waals surface area contributed by atoms with Crippen LogP contribution in [0.1, 0.15) is 40.7 Å². The number of rotatable bonds is 4. The summed E-state index contributed by atoms with van der Waals surface area (Å²) < 4.78 is 5.39. The van der Waals surface area contributed by atoms with Crippen LogP contribution in [-0.2, 0) is 17.6 Å². The predicted molar refractivity (Wildman–Crippen MR) is 118 cm³/mol. The standard InChI is InChI=1S/C24H30N4O2/c29-24(20-5-7-23(25-17-20)28-12-14-30-15-13-28)26-21-6-4-18-8-10-27(22-2-1-3-22)11-9-19(18)16-21/h4-7,16-17,22H,1-3,8-15H2,(H,26,29). The first kappa shape index (κ1) is 19.5. The lowest BCUT2D eigenvalue weighted by atomic mass is 9.91. The second-order valence-corrected chi connectivity index (χ2v) is 8.56. The SMILES string of the molecule is O=C(Nc1ccc2c(c1)CCN(C1CCC1)CC2)c1ccc(N2CCOCC2)nc1. The third kappa shape index (κ3) is 4.20. The minimum atomic E-state index is -0.110. The Morgan fingerprint density at radius 3 is 2.50 bits per heavy atom. The molecular formula is C24H30N4O2. The van der Waals surface area contributed by atoms with E-state index in [2.05, 4.69) is 32.2 Å². The summed E-state index contributed by atoms with van der Waals surface area (Å²) in [5.41, 5.74) is 4.24. The fourth-order valence-corrected chi connectivity index (χ4v) is 4.64. The highest BCUT2D eigenvalue weighted by Gasteiger charge is 2.26. The van der Waals surface area contributed by atoms with Crippen LogP contribution in [0.4, 0.5) is 11.5 Å². The number of hydrogen-bond acceptors (Lipinski definition) is 5. The number of ether oxygens (including phenoxy) is 1. The van der Waals surface area contributed by atoms with Gasteiger partial charge in [-0.25, -0.2) is 4.98 Å². The summed E-state index contributed by atoms with van der Waals surface area (Å²) in [4.78, 5) is 22.1. The van der Waals surface area contributed by atoms with E-state index in [4.69, 9.17) is 4.74 Å². The van der Waals surface area contributed by atoms with Gasteiger partial charge in [0.05, 0.1) is 18.8 Å². The van der Waals surface area contributed by atoms with Crippen molar-refractivity contribution in [2.24, 2.45) is 0 Å². The molecular weight excluding hydrogens is 376 g/mol. The summed E-state index contributed by atoms with van der Waals surface area (Å²) in [7, 11) is 0. The Morgan fingerprint density at radius 1 is 1.00 bits per heavy atom. The average Bonchev–Trinajstić information content (AvgIpc) is 2.96. The summed E-state index contributed by atoms with van der Waals surface area (Å²) >= 11 is 0. The van der Waals surface area contributed by atoms with Gasteiger partial charge in [-0.15, -0.1) is 0 Å². The van der Waals surface area contributed by atoms with Crippen molar-refractivity contribution in [2.45, 2.75) is 38.1 Å². The van der Waals surface area contributed by atoms with Crippen LogP contribution in [0.2, 0.25) is 0 Å². The Morgan fingerprint density at radius 2 is 1.80 bits per heavy atom. The fraction of sp³-hybridized carbons (Fsp3) is 0.500. The van der Waals surface area contributed by atoms with Crippen LogP contribution in [0.25, 0.3) is 0 Å². The van der Waals surface area contributed by atoms with E-state index in [-0.39, 0.29) is 5.91 Å². The molecule has 2 fully saturated rings. The maximum atomic E-state index is 12.7. The first-order valence-electron chi connectivity index (χ1n) is 11.2. The summed E-state index contributed by atoms with van der Waals surface area (Å²) in [5.74, 6) is 0.789. The van der Waals surface area contributed by atoms with Gasteiger partial charge in [0.2, 0.25) is 0 Å². The van der Waals surface area contributed by atoms with Gasteiger partial charge in [0.15, 0.2) is 0 Å². The van der Waals surface area contributed by atoms with E-state index in [1.54, 1.807) is 6.20 Å². The van der Waals surface area contributed by atoms with Gasteiger partial charge in [-0.3, -0.25) is 9.69 Å². The molecule has 0 spiro atoms. The molecule has 0 bridgehead atoms. The number of nitrogens with one attached hydrogen (secondary N) is 1. The Kier molecular flexibility index (Phi) is 5.69. The molecule has 0 unspecified atom stereocenters. The zero-order chi connectivity index (χ0) is 20.3. The van der Waals surface area contributed by atoms with Gasteiger partial charge in [-0.1, -0.05) is 12.5 Å². The smallest absolute Gasteiger partial charge is 0.257 e. The Balaban J connectivity index is 1.22. The summed E-state index contributed by atoms with van der Waals surface area (Å²) in [6.07, 6.45) is 7.93. The number of morpholine rings is 1. The zero-order valence-electron chi connectivity index (χ0n) is 17.5. The van der Waals surface area contributed by atoms with Crippen LogP contribution >= 0.6 is 0 Å². The molecule has 30 heavy (non-hydrogen) atoms. The molecule has 2 aromatic rings. The third-order valence-electron chi connectivity index (χ3n) is 6.74. The molecule has 1 N–H and O–H groups in total. The maximum absolute atomic E-state index is 12.7. The predicted octanol–water partition coefficient (Wildman–Crippen LogP) is 3.12.